The van der Waals surface area contributed by atoms with Crippen LogP contribution in [0.15, 0.2) is 54.6 Å². The Morgan fingerprint density at radius 2 is 1.85 bits per heavy atom. The lowest BCUT2D eigenvalue weighted by atomic mass is 10.0. The average molecular weight is 263 g/mol. The first-order valence-electron chi connectivity index (χ1n) is 6.32. The molecule has 20 heavy (non-hydrogen) atoms. The lowest BCUT2D eigenvalue weighted by Crippen LogP contribution is -1.95. The predicted molar refractivity (Wildman–Crippen MR) is 79.1 cm³/mol. The maximum atomic E-state index is 11.3. The zero-order chi connectivity index (χ0) is 13.9. The van der Waals surface area contributed by atoms with Crippen LogP contribution in [0, 0.1) is 0 Å². The van der Waals surface area contributed by atoms with Crippen molar-refractivity contribution in [2.24, 2.45) is 0 Å². The first-order chi connectivity index (χ1) is 9.83. The number of para-hydroxylation sites is 1. The maximum absolute atomic E-state index is 11.3. The topological polar surface area (TPSA) is 39.2 Å². The van der Waals surface area contributed by atoms with Gasteiger partial charge in [-0.25, -0.2) is 4.98 Å². The van der Waals surface area contributed by atoms with Crippen LogP contribution < -0.4 is 4.74 Å². The van der Waals surface area contributed by atoms with E-state index in [1.54, 1.807) is 7.11 Å². The molecule has 0 unspecified atom stereocenters. The molecule has 3 nitrogen and oxygen atoms in total. The number of rotatable bonds is 3. The second-order valence-corrected chi connectivity index (χ2v) is 4.44. The first-order valence-corrected chi connectivity index (χ1v) is 6.32. The van der Waals surface area contributed by atoms with E-state index in [0.717, 1.165) is 22.8 Å². The van der Waals surface area contributed by atoms with Gasteiger partial charge in [0, 0.05) is 16.5 Å². The van der Waals surface area contributed by atoms with Gasteiger partial charge in [-0.15, -0.1) is 0 Å². The summed E-state index contributed by atoms with van der Waals surface area (Å²) >= 11 is 0. The SMILES string of the molecule is COc1cccc2cc(C=O)c(-c3ccccc3)nc12. The molecule has 0 aliphatic carbocycles. The molecule has 0 saturated carbocycles. The van der Waals surface area contributed by atoms with Crippen molar-refractivity contribution in [3.05, 3.63) is 60.2 Å². The number of nitrogens with zero attached hydrogens (tertiary/aromatic N) is 1. The molecule has 3 heteroatoms. The molecule has 0 aliphatic heterocycles. The third-order valence-corrected chi connectivity index (χ3v) is 3.23. The number of carbonyl (C=O) groups excluding carboxylic acids is 1. The number of aromatic nitrogens is 1. The average Bonchev–Trinajstić information content (AvgIpc) is 2.53. The summed E-state index contributed by atoms with van der Waals surface area (Å²) in [7, 11) is 1.62. The van der Waals surface area contributed by atoms with Gasteiger partial charge in [0.25, 0.3) is 0 Å². The van der Waals surface area contributed by atoms with Crippen molar-refractivity contribution in [2.75, 3.05) is 7.11 Å². The Morgan fingerprint density at radius 3 is 2.55 bits per heavy atom. The molecule has 0 spiro atoms. The number of benzene rings is 2. The fourth-order valence-corrected chi connectivity index (χ4v) is 2.27. The Labute approximate surface area is 116 Å². The molecule has 0 aliphatic rings. The summed E-state index contributed by atoms with van der Waals surface area (Å²) in [5.41, 5.74) is 2.94. The van der Waals surface area contributed by atoms with Gasteiger partial charge in [0.15, 0.2) is 6.29 Å². The van der Waals surface area contributed by atoms with Crippen molar-refractivity contribution in [2.45, 2.75) is 0 Å². The lowest BCUT2D eigenvalue weighted by molar-refractivity contribution is 0.112. The Hall–Kier alpha value is -2.68. The first kappa shape index (κ1) is 12.4. The van der Waals surface area contributed by atoms with E-state index in [-0.39, 0.29) is 0 Å². The van der Waals surface area contributed by atoms with Crippen molar-refractivity contribution in [3.8, 4) is 17.0 Å². The third-order valence-electron chi connectivity index (χ3n) is 3.23. The van der Waals surface area contributed by atoms with E-state index in [2.05, 4.69) is 4.98 Å². The van der Waals surface area contributed by atoms with Crippen LogP contribution >= 0.6 is 0 Å². The second-order valence-electron chi connectivity index (χ2n) is 4.44. The minimum absolute atomic E-state index is 0.581. The van der Waals surface area contributed by atoms with Gasteiger partial charge in [-0.2, -0.15) is 0 Å². The van der Waals surface area contributed by atoms with Crippen LogP contribution in [-0.2, 0) is 0 Å². The van der Waals surface area contributed by atoms with Gasteiger partial charge in [-0.1, -0.05) is 42.5 Å². The van der Waals surface area contributed by atoms with Crippen LogP contribution in [0.4, 0.5) is 0 Å². The summed E-state index contributed by atoms with van der Waals surface area (Å²) in [5.74, 6) is 0.706. The molecule has 2 aromatic carbocycles. The number of ether oxygens (including phenoxy) is 1. The zero-order valence-electron chi connectivity index (χ0n) is 11.0. The summed E-state index contributed by atoms with van der Waals surface area (Å²) in [5, 5.41) is 0.895. The van der Waals surface area contributed by atoms with Crippen LogP contribution in [0.25, 0.3) is 22.2 Å². The monoisotopic (exact) mass is 263 g/mol. The van der Waals surface area contributed by atoms with Crippen molar-refractivity contribution in [1.82, 2.24) is 4.98 Å². The molecule has 3 aromatic rings. The fourth-order valence-electron chi connectivity index (χ4n) is 2.27. The number of methoxy groups -OCH3 is 1. The molecule has 0 fully saturated rings. The van der Waals surface area contributed by atoms with E-state index in [1.807, 2.05) is 54.6 Å². The number of hydrogen-bond acceptors (Lipinski definition) is 3. The second kappa shape index (κ2) is 5.13. The molecule has 3 rings (SSSR count). The Balaban J connectivity index is 2.33. The number of carbonyl (C=O) groups is 1. The van der Waals surface area contributed by atoms with Gasteiger partial charge >= 0.3 is 0 Å². The highest BCUT2D eigenvalue weighted by atomic mass is 16.5. The Kier molecular flexibility index (Phi) is 3.17. The van der Waals surface area contributed by atoms with E-state index in [1.165, 1.54) is 0 Å². The van der Waals surface area contributed by atoms with Gasteiger partial charge in [-0.05, 0) is 12.1 Å². The molecule has 0 radical (unpaired) electrons. The highest BCUT2D eigenvalue weighted by Gasteiger charge is 2.11. The Bertz CT molecular complexity index is 767. The number of pyridine rings is 1. The fraction of sp³-hybridized carbons (Fsp3) is 0.0588. The summed E-state index contributed by atoms with van der Waals surface area (Å²) in [4.78, 5) is 16.0. The van der Waals surface area contributed by atoms with Gasteiger partial charge < -0.3 is 4.74 Å². The molecular weight excluding hydrogens is 250 g/mol. The molecule has 0 amide bonds. The van der Waals surface area contributed by atoms with E-state index in [4.69, 9.17) is 4.74 Å². The van der Waals surface area contributed by atoms with Gasteiger partial charge in [0.05, 0.1) is 12.8 Å². The number of fused-ring (bicyclic) bond motifs is 1. The molecule has 1 heterocycles. The van der Waals surface area contributed by atoms with Gasteiger partial charge in [0.1, 0.15) is 11.3 Å². The largest absolute Gasteiger partial charge is 0.494 e. The van der Waals surface area contributed by atoms with E-state index in [0.29, 0.717) is 17.0 Å². The smallest absolute Gasteiger partial charge is 0.152 e. The minimum atomic E-state index is 0.581. The van der Waals surface area contributed by atoms with Crippen molar-refractivity contribution >= 4 is 17.2 Å². The van der Waals surface area contributed by atoms with E-state index >= 15 is 0 Å². The molecule has 1 aromatic heterocycles. The number of hydrogen-bond donors (Lipinski definition) is 0. The summed E-state index contributed by atoms with van der Waals surface area (Å²) in [6.07, 6.45) is 0.842. The molecule has 0 saturated heterocycles. The lowest BCUT2D eigenvalue weighted by Gasteiger charge is -2.09. The predicted octanol–water partition coefficient (Wildman–Crippen LogP) is 3.72. The molecule has 98 valence electrons. The standard InChI is InChI=1S/C17H13NO2/c1-20-15-9-5-8-13-10-14(11-19)16(18-17(13)15)12-6-3-2-4-7-12/h2-11H,1H3. The summed E-state index contributed by atoms with van der Waals surface area (Å²) in [6, 6.07) is 17.2. The third kappa shape index (κ3) is 2.03. The van der Waals surface area contributed by atoms with Crippen LogP contribution in [0.5, 0.6) is 5.75 Å². The highest BCUT2D eigenvalue weighted by molar-refractivity contribution is 5.95. The normalized spacial score (nSPS) is 10.4. The molecule has 0 atom stereocenters. The van der Waals surface area contributed by atoms with Gasteiger partial charge in [0.2, 0.25) is 0 Å². The van der Waals surface area contributed by atoms with Crippen LogP contribution in [-0.4, -0.2) is 18.4 Å². The zero-order valence-corrected chi connectivity index (χ0v) is 11.0. The molecule has 0 N–H and O–H groups in total. The number of aldehydes is 1. The summed E-state index contributed by atoms with van der Waals surface area (Å²) in [6.45, 7) is 0. The van der Waals surface area contributed by atoms with Crippen molar-refractivity contribution in [3.63, 3.8) is 0 Å². The van der Waals surface area contributed by atoms with Crippen molar-refractivity contribution in [1.29, 1.82) is 0 Å². The minimum Gasteiger partial charge on any atom is -0.494 e. The summed E-state index contributed by atoms with van der Waals surface area (Å²) < 4.78 is 5.34. The molecule has 0 bridgehead atoms. The van der Waals surface area contributed by atoms with Crippen LogP contribution in [0.2, 0.25) is 0 Å². The quantitative estimate of drug-likeness (QED) is 0.676. The van der Waals surface area contributed by atoms with E-state index < -0.39 is 0 Å². The maximum Gasteiger partial charge on any atom is 0.152 e. The molecular formula is C17H13NO2. The van der Waals surface area contributed by atoms with Crippen molar-refractivity contribution < 1.29 is 9.53 Å². The Morgan fingerprint density at radius 1 is 1.05 bits per heavy atom. The van der Waals surface area contributed by atoms with E-state index in [9.17, 15) is 4.79 Å². The highest BCUT2D eigenvalue weighted by Crippen LogP contribution is 2.29. The van der Waals surface area contributed by atoms with Crippen LogP contribution in [0.1, 0.15) is 10.4 Å². The van der Waals surface area contributed by atoms with Crippen LogP contribution in [0.3, 0.4) is 0 Å². The van der Waals surface area contributed by atoms with Gasteiger partial charge in [-0.3, -0.25) is 4.79 Å².